The third-order valence-corrected chi connectivity index (χ3v) is 6.92. The maximum Gasteiger partial charge on any atom is 0.230 e. The quantitative estimate of drug-likeness (QED) is 0.376. The standard InChI is InChI=1S/C27H31N9/c1-18(2)22-16-30-36-25(22)32-27(34-13-10-20(28)11-14-34)33-26(36)29-15-19-7-3-4-8-21(19)23-17-35-12-6-5-9-24(35)31-23/h3-9,12,16-18,20H,10-11,13-15,28H2,1-2H3,(H,29,32,33). The van der Waals surface area contributed by atoms with Crippen LogP contribution in [0.1, 0.15) is 43.7 Å². The monoisotopic (exact) mass is 481 g/mol. The van der Waals surface area contributed by atoms with Gasteiger partial charge in [0, 0.05) is 49.2 Å². The van der Waals surface area contributed by atoms with Gasteiger partial charge in [0.1, 0.15) is 5.65 Å². The van der Waals surface area contributed by atoms with Crippen LogP contribution in [0.3, 0.4) is 0 Å². The van der Waals surface area contributed by atoms with Crippen molar-refractivity contribution in [1.29, 1.82) is 0 Å². The van der Waals surface area contributed by atoms with Crippen LogP contribution in [0, 0.1) is 0 Å². The molecule has 0 spiro atoms. The lowest BCUT2D eigenvalue weighted by Crippen LogP contribution is -2.40. The molecule has 1 aliphatic rings. The number of hydrogen-bond donors (Lipinski definition) is 2. The number of nitrogens with two attached hydrogens (primary N) is 1. The van der Waals surface area contributed by atoms with Crippen LogP contribution in [0.2, 0.25) is 0 Å². The van der Waals surface area contributed by atoms with Gasteiger partial charge in [-0.3, -0.25) is 0 Å². The van der Waals surface area contributed by atoms with Crippen LogP contribution in [-0.4, -0.2) is 48.1 Å². The zero-order chi connectivity index (χ0) is 24.6. The van der Waals surface area contributed by atoms with Crippen LogP contribution in [0.5, 0.6) is 0 Å². The van der Waals surface area contributed by atoms with Crippen molar-refractivity contribution in [3.8, 4) is 11.3 Å². The van der Waals surface area contributed by atoms with E-state index in [1.54, 1.807) is 0 Å². The molecule has 1 aromatic carbocycles. The molecule has 0 unspecified atom stereocenters. The number of pyridine rings is 1. The van der Waals surface area contributed by atoms with Gasteiger partial charge in [0.2, 0.25) is 11.9 Å². The molecule has 4 aromatic heterocycles. The Kier molecular flexibility index (Phi) is 5.77. The molecule has 184 valence electrons. The average Bonchev–Trinajstić information content (AvgIpc) is 3.52. The first-order valence-electron chi connectivity index (χ1n) is 12.6. The Morgan fingerprint density at radius 1 is 1.03 bits per heavy atom. The molecule has 3 N–H and O–H groups in total. The second-order valence-electron chi connectivity index (χ2n) is 9.76. The normalized spacial score (nSPS) is 14.8. The summed E-state index contributed by atoms with van der Waals surface area (Å²) in [6, 6.07) is 14.6. The summed E-state index contributed by atoms with van der Waals surface area (Å²) in [4.78, 5) is 16.9. The Bertz CT molecular complexity index is 1480. The van der Waals surface area contributed by atoms with Crippen molar-refractivity contribution in [2.24, 2.45) is 5.73 Å². The van der Waals surface area contributed by atoms with Gasteiger partial charge in [-0.05, 0) is 36.5 Å². The van der Waals surface area contributed by atoms with E-state index in [1.807, 2.05) is 45.6 Å². The molecule has 9 nitrogen and oxygen atoms in total. The van der Waals surface area contributed by atoms with E-state index in [1.165, 1.54) is 0 Å². The number of piperidine rings is 1. The van der Waals surface area contributed by atoms with Crippen LogP contribution < -0.4 is 16.0 Å². The van der Waals surface area contributed by atoms with E-state index in [-0.39, 0.29) is 6.04 Å². The highest BCUT2D eigenvalue weighted by molar-refractivity contribution is 5.67. The lowest BCUT2D eigenvalue weighted by molar-refractivity contribution is 0.495. The van der Waals surface area contributed by atoms with Gasteiger partial charge in [-0.25, -0.2) is 4.98 Å². The summed E-state index contributed by atoms with van der Waals surface area (Å²) in [7, 11) is 0. The molecule has 5 aromatic rings. The van der Waals surface area contributed by atoms with Crippen molar-refractivity contribution in [3.05, 3.63) is 72.2 Å². The highest BCUT2D eigenvalue weighted by Crippen LogP contribution is 2.27. The van der Waals surface area contributed by atoms with E-state index < -0.39 is 0 Å². The van der Waals surface area contributed by atoms with Crippen LogP contribution >= 0.6 is 0 Å². The number of anilines is 2. The summed E-state index contributed by atoms with van der Waals surface area (Å²) in [6.07, 6.45) is 7.88. The molecule has 1 aliphatic heterocycles. The number of rotatable bonds is 6. The molecule has 0 bridgehead atoms. The van der Waals surface area contributed by atoms with Gasteiger partial charge in [-0.2, -0.15) is 19.6 Å². The van der Waals surface area contributed by atoms with Crippen LogP contribution in [0.25, 0.3) is 22.6 Å². The van der Waals surface area contributed by atoms with Crippen molar-refractivity contribution < 1.29 is 0 Å². The minimum Gasteiger partial charge on any atom is -0.350 e. The van der Waals surface area contributed by atoms with Crippen molar-refractivity contribution >= 4 is 23.2 Å². The van der Waals surface area contributed by atoms with E-state index >= 15 is 0 Å². The van der Waals surface area contributed by atoms with Gasteiger partial charge in [-0.1, -0.05) is 44.2 Å². The van der Waals surface area contributed by atoms with Gasteiger partial charge < -0.3 is 20.4 Å². The van der Waals surface area contributed by atoms with Crippen molar-refractivity contribution in [3.63, 3.8) is 0 Å². The van der Waals surface area contributed by atoms with Crippen LogP contribution in [-0.2, 0) is 6.54 Å². The van der Waals surface area contributed by atoms with E-state index in [2.05, 4.69) is 53.6 Å². The largest absolute Gasteiger partial charge is 0.350 e. The fourth-order valence-corrected chi connectivity index (χ4v) is 4.81. The van der Waals surface area contributed by atoms with Gasteiger partial charge in [0.15, 0.2) is 5.65 Å². The SMILES string of the molecule is CC(C)c1cnn2c(NCc3ccccc3-c3cn4ccccc4n3)nc(N3CCC(N)CC3)nc12. The zero-order valence-corrected chi connectivity index (χ0v) is 20.7. The highest BCUT2D eigenvalue weighted by atomic mass is 15.4. The van der Waals surface area contributed by atoms with Crippen molar-refractivity contribution in [2.75, 3.05) is 23.3 Å². The van der Waals surface area contributed by atoms with Crippen molar-refractivity contribution in [1.82, 2.24) is 29.0 Å². The fourth-order valence-electron chi connectivity index (χ4n) is 4.81. The molecular weight excluding hydrogens is 450 g/mol. The predicted octanol–water partition coefficient (Wildman–Crippen LogP) is 4.10. The topological polar surface area (TPSA) is 102 Å². The van der Waals surface area contributed by atoms with Gasteiger partial charge >= 0.3 is 0 Å². The molecule has 0 radical (unpaired) electrons. The molecule has 9 heteroatoms. The lowest BCUT2D eigenvalue weighted by Gasteiger charge is -2.30. The number of fused-ring (bicyclic) bond motifs is 2. The molecule has 6 rings (SSSR count). The lowest BCUT2D eigenvalue weighted by atomic mass is 10.1. The summed E-state index contributed by atoms with van der Waals surface area (Å²) >= 11 is 0. The van der Waals surface area contributed by atoms with Crippen LogP contribution in [0.15, 0.2) is 61.1 Å². The Labute approximate surface area is 210 Å². The minimum absolute atomic E-state index is 0.250. The van der Waals surface area contributed by atoms with E-state index in [0.717, 1.165) is 65.6 Å². The van der Waals surface area contributed by atoms with E-state index in [9.17, 15) is 0 Å². The minimum atomic E-state index is 0.250. The first-order valence-corrected chi connectivity index (χ1v) is 12.6. The highest BCUT2D eigenvalue weighted by Gasteiger charge is 2.22. The number of aromatic nitrogens is 6. The Morgan fingerprint density at radius 3 is 2.64 bits per heavy atom. The number of imidazole rings is 1. The molecule has 5 heterocycles. The summed E-state index contributed by atoms with van der Waals surface area (Å²) in [5, 5.41) is 8.19. The van der Waals surface area contributed by atoms with Gasteiger partial charge in [0.05, 0.1) is 11.9 Å². The summed E-state index contributed by atoms with van der Waals surface area (Å²) in [6.45, 7) is 6.63. The predicted molar refractivity (Wildman–Crippen MR) is 142 cm³/mol. The molecule has 1 saturated heterocycles. The number of nitrogens with zero attached hydrogens (tertiary/aromatic N) is 7. The third kappa shape index (κ3) is 4.15. The molecule has 0 aliphatic carbocycles. The first kappa shape index (κ1) is 22.5. The Hall–Kier alpha value is -3.98. The smallest absolute Gasteiger partial charge is 0.230 e. The average molecular weight is 482 g/mol. The van der Waals surface area contributed by atoms with Gasteiger partial charge in [-0.15, -0.1) is 0 Å². The van der Waals surface area contributed by atoms with E-state index in [0.29, 0.717) is 18.4 Å². The summed E-state index contributed by atoms with van der Waals surface area (Å²) < 4.78 is 3.86. The number of benzene rings is 1. The molecule has 0 atom stereocenters. The zero-order valence-electron chi connectivity index (χ0n) is 20.7. The number of nitrogens with one attached hydrogen (secondary N) is 1. The second kappa shape index (κ2) is 9.23. The fraction of sp³-hybridized carbons (Fsp3) is 0.333. The maximum atomic E-state index is 6.14. The molecule has 0 amide bonds. The first-order chi connectivity index (χ1) is 17.6. The molecule has 0 saturated carbocycles. The molecule has 1 fully saturated rings. The maximum absolute atomic E-state index is 6.14. The Morgan fingerprint density at radius 2 is 1.83 bits per heavy atom. The molecular formula is C27H31N9. The summed E-state index contributed by atoms with van der Waals surface area (Å²) in [5.41, 5.74) is 12.2. The van der Waals surface area contributed by atoms with Gasteiger partial charge in [0.25, 0.3) is 0 Å². The number of hydrogen-bond acceptors (Lipinski definition) is 7. The second-order valence-corrected chi connectivity index (χ2v) is 9.76. The van der Waals surface area contributed by atoms with Crippen LogP contribution in [0.4, 0.5) is 11.9 Å². The Balaban J connectivity index is 1.35. The third-order valence-electron chi connectivity index (χ3n) is 6.92. The van der Waals surface area contributed by atoms with Crippen molar-refractivity contribution in [2.45, 2.75) is 45.2 Å². The molecule has 36 heavy (non-hydrogen) atoms. The van der Waals surface area contributed by atoms with E-state index in [4.69, 9.17) is 20.7 Å². The summed E-state index contributed by atoms with van der Waals surface area (Å²) in [5.74, 6) is 1.72.